The minimum Gasteiger partial charge on any atom is -0.543 e. The monoisotopic (exact) mass is 705 g/mol. The van der Waals surface area contributed by atoms with Crippen LogP contribution in [0.5, 0.6) is 11.5 Å². The lowest BCUT2D eigenvalue weighted by molar-refractivity contribution is -0.262. The summed E-state index contributed by atoms with van der Waals surface area (Å²) < 4.78 is 35.2. The Labute approximate surface area is 291 Å². The summed E-state index contributed by atoms with van der Waals surface area (Å²) in [5, 5.41) is 6.95. The third-order valence-electron chi connectivity index (χ3n) is 9.54. The Morgan fingerprint density at radius 1 is 1.21 bits per heavy atom. The van der Waals surface area contributed by atoms with Crippen molar-refractivity contribution in [1.29, 1.82) is 0 Å². The Kier molecular flexibility index (Phi) is 13.8. The second-order valence-electron chi connectivity index (χ2n) is 14.2. The number of rotatable bonds is 17. The van der Waals surface area contributed by atoms with Gasteiger partial charge in [0.2, 0.25) is 11.8 Å². The number of nitrogens with one attached hydrogen (secondary N) is 1. The molecule has 3 rings (SSSR count). The van der Waals surface area contributed by atoms with E-state index in [4.69, 9.17) is 27.9 Å². The van der Waals surface area contributed by atoms with E-state index in [1.165, 1.54) is 17.8 Å². The molecule has 48 heavy (non-hydrogen) atoms. The molecule has 2 aromatic rings. The van der Waals surface area contributed by atoms with Crippen LogP contribution in [0, 0.1) is 25.7 Å². The third-order valence-corrected chi connectivity index (χ3v) is 15.0. The number of aryl methyl sites for hydroxylation is 1. The molecule has 2 heterocycles. The van der Waals surface area contributed by atoms with E-state index in [2.05, 4.69) is 62.8 Å². The fraction of sp³-hybridized carbons (Fsp3) is 0.657. The molecule has 1 atom stereocenters. The van der Waals surface area contributed by atoms with Gasteiger partial charge in [0.05, 0.1) is 25.9 Å². The highest BCUT2D eigenvalue weighted by molar-refractivity contribution is 7.98. The fourth-order valence-electron chi connectivity index (χ4n) is 5.22. The van der Waals surface area contributed by atoms with Gasteiger partial charge in [-0.05, 0) is 58.2 Å². The second kappa shape index (κ2) is 16.7. The van der Waals surface area contributed by atoms with Crippen LogP contribution >= 0.6 is 11.8 Å². The van der Waals surface area contributed by atoms with Crippen molar-refractivity contribution in [2.75, 3.05) is 32.7 Å². The molecule has 0 saturated carbocycles. The van der Waals surface area contributed by atoms with E-state index in [1.807, 2.05) is 26.8 Å². The minimum atomic E-state index is -2.41. The van der Waals surface area contributed by atoms with Crippen molar-refractivity contribution < 1.29 is 37.5 Å². The van der Waals surface area contributed by atoms with Crippen molar-refractivity contribution in [3.8, 4) is 11.5 Å². The summed E-state index contributed by atoms with van der Waals surface area (Å²) in [6, 6.07) is 1.33. The quantitative estimate of drug-likeness (QED) is 0.101. The third kappa shape index (κ3) is 10.1. The molecule has 1 aromatic heterocycles. The van der Waals surface area contributed by atoms with Gasteiger partial charge in [-0.2, -0.15) is 16.7 Å². The van der Waals surface area contributed by atoms with E-state index in [9.17, 15) is 9.59 Å². The first kappa shape index (κ1) is 39.6. The van der Waals surface area contributed by atoms with Crippen molar-refractivity contribution >= 4 is 32.0 Å². The normalized spacial score (nSPS) is 16.0. The van der Waals surface area contributed by atoms with Crippen molar-refractivity contribution in [3.05, 3.63) is 47.1 Å². The highest BCUT2D eigenvalue weighted by Gasteiger charge is 2.45. The second-order valence-corrected chi connectivity index (χ2v) is 19.7. The number of ether oxygens (including phenoxy) is 4. The number of carbonyl (C=O) groups is 2. The number of thioether (sulfide) groups is 1. The van der Waals surface area contributed by atoms with E-state index in [0.717, 1.165) is 0 Å². The van der Waals surface area contributed by atoms with Crippen LogP contribution in [0.15, 0.2) is 23.2 Å². The van der Waals surface area contributed by atoms with E-state index < -0.39 is 26.1 Å². The van der Waals surface area contributed by atoms with Crippen LogP contribution in [0.3, 0.4) is 0 Å². The molecule has 1 fully saturated rings. The summed E-state index contributed by atoms with van der Waals surface area (Å²) >= 11 is 1.52. The predicted molar refractivity (Wildman–Crippen MR) is 190 cm³/mol. The van der Waals surface area contributed by atoms with Crippen LogP contribution in [0.1, 0.15) is 93.6 Å². The van der Waals surface area contributed by atoms with Gasteiger partial charge >= 0.3 is 5.97 Å². The number of benzene rings is 1. The zero-order chi connectivity index (χ0) is 35.9. The zero-order valence-corrected chi connectivity index (χ0v) is 32.4. The van der Waals surface area contributed by atoms with Gasteiger partial charge in [-0.1, -0.05) is 45.5 Å². The molecule has 11 nitrogen and oxygen atoms in total. The number of hydrogen-bond donors (Lipinski definition) is 1. The number of nitrogens with zero attached hydrogens (tertiary/aromatic N) is 2. The van der Waals surface area contributed by atoms with Crippen molar-refractivity contribution in [2.45, 2.75) is 104 Å². The molecule has 1 amide bonds. The Morgan fingerprint density at radius 3 is 2.44 bits per heavy atom. The maximum Gasteiger partial charge on any atom is 0.339 e. The Balaban J connectivity index is 1.89. The maximum absolute atomic E-state index is 13.6. The van der Waals surface area contributed by atoms with Crippen molar-refractivity contribution in [2.24, 2.45) is 11.8 Å². The average Bonchev–Trinajstić information content (AvgIpc) is 3.45. The lowest BCUT2D eigenvalue weighted by Crippen LogP contribution is -2.48. The van der Waals surface area contributed by atoms with Gasteiger partial charge in [-0.15, -0.1) is 0 Å². The molecule has 0 radical (unpaired) electrons. The number of esters is 1. The van der Waals surface area contributed by atoms with Gasteiger partial charge < -0.3 is 33.2 Å². The molecule has 1 aliphatic rings. The molecule has 0 aliphatic carbocycles. The number of carbonyl (C=O) groups excluding carboxylic acids is 2. The van der Waals surface area contributed by atoms with E-state index in [1.54, 1.807) is 14.0 Å². The Morgan fingerprint density at radius 2 is 1.88 bits per heavy atom. The molecule has 268 valence electrons. The molecule has 0 unspecified atom stereocenters. The summed E-state index contributed by atoms with van der Waals surface area (Å²) in [4.78, 5) is 31.1. The molecule has 1 aromatic carbocycles. The summed E-state index contributed by atoms with van der Waals surface area (Å²) in [5.41, 5.74) is 1.77. The summed E-state index contributed by atoms with van der Waals surface area (Å²) in [7, 11) is -0.830. The first-order valence-corrected chi connectivity index (χ1v) is 20.6. The fourth-order valence-corrected chi connectivity index (χ4v) is 8.68. The minimum absolute atomic E-state index is 0.0698. The number of methoxy groups -OCH3 is 1. The van der Waals surface area contributed by atoms with E-state index in [0.29, 0.717) is 83.4 Å². The number of hydrogen-bond acceptors (Lipinski definition) is 11. The van der Waals surface area contributed by atoms with E-state index >= 15 is 0 Å². The van der Waals surface area contributed by atoms with Gasteiger partial charge in [-0.25, -0.2) is 4.79 Å². The lowest BCUT2D eigenvalue weighted by Gasteiger charge is -2.43. The summed E-state index contributed by atoms with van der Waals surface area (Å²) in [5.74, 6) is 2.00. The molecule has 13 heteroatoms. The molecule has 1 saturated heterocycles. The van der Waals surface area contributed by atoms with E-state index in [-0.39, 0.29) is 23.5 Å². The van der Waals surface area contributed by atoms with Crippen LogP contribution in [-0.4, -0.2) is 68.8 Å². The molecule has 1 aliphatic heterocycles. The molecular formula is C35H55N3O8SSi. The summed E-state index contributed by atoms with van der Waals surface area (Å²) in [6.07, 6.45) is 2.46. The van der Waals surface area contributed by atoms with Gasteiger partial charge in [0.1, 0.15) is 24.1 Å². The van der Waals surface area contributed by atoms with Gasteiger partial charge in [0.25, 0.3) is 8.32 Å². The summed E-state index contributed by atoms with van der Waals surface area (Å²) in [6.45, 7) is 25.5. The Hall–Kier alpha value is -2.87. The molecule has 0 bridgehead atoms. The Bertz CT molecular complexity index is 1410. The first-order valence-electron chi connectivity index (χ1n) is 16.5. The van der Waals surface area contributed by atoms with Crippen LogP contribution < -0.4 is 14.5 Å². The van der Waals surface area contributed by atoms with Gasteiger partial charge in [-0.3, -0.25) is 4.79 Å². The number of amides is 1. The smallest absolute Gasteiger partial charge is 0.339 e. The van der Waals surface area contributed by atoms with Crippen LogP contribution in [0.2, 0.25) is 18.1 Å². The largest absolute Gasteiger partial charge is 0.543 e. The SMILES string of the molecule is C=CCOC(=O)c1c(C)c(OC)cc(O[Si](C)(C)C(C)(C)C(C)C)c1CSC[C@H](NC(=O)CCC1COC(C)(C)OC1)c1nc(C)no1. The molecule has 0 spiro atoms. The highest BCUT2D eigenvalue weighted by Crippen LogP contribution is 2.47. The molecular weight excluding hydrogens is 651 g/mol. The van der Waals surface area contributed by atoms with Crippen LogP contribution in [-0.2, 0) is 24.8 Å². The van der Waals surface area contributed by atoms with Gasteiger partial charge in [0, 0.05) is 41.0 Å². The van der Waals surface area contributed by atoms with Crippen molar-refractivity contribution in [1.82, 2.24) is 15.5 Å². The standard InChI is InChI=1S/C35H55N3O8SSi/c1-13-16-42-33(40)31-23(4)28(41-10)17-29(46-48(11,12)34(6,7)22(2)3)26(31)20-47-21-27(32-36-24(5)38-45-32)37-30(39)15-14-25-18-43-35(8,9)44-19-25/h13,17,22,25,27H,1,14-16,18-21H2,2-12H3,(H,37,39)/t27-/m0/s1. The van der Waals surface area contributed by atoms with Crippen LogP contribution in [0.4, 0.5) is 0 Å². The van der Waals surface area contributed by atoms with Crippen LogP contribution in [0.25, 0.3) is 0 Å². The average molecular weight is 706 g/mol. The highest BCUT2D eigenvalue weighted by atomic mass is 32.2. The molecule has 1 N–H and O–H groups in total. The topological polar surface area (TPSA) is 131 Å². The van der Waals surface area contributed by atoms with Crippen molar-refractivity contribution in [3.63, 3.8) is 0 Å². The predicted octanol–water partition coefficient (Wildman–Crippen LogP) is 7.33. The number of aromatic nitrogens is 2. The van der Waals surface area contributed by atoms with Gasteiger partial charge in [0.15, 0.2) is 11.6 Å². The first-order chi connectivity index (χ1) is 22.4. The zero-order valence-electron chi connectivity index (χ0n) is 30.6. The lowest BCUT2D eigenvalue weighted by atomic mass is 9.99. The maximum atomic E-state index is 13.6.